The molecular weight excluding hydrogens is 374 g/mol. The van der Waals surface area contributed by atoms with Crippen LogP contribution in [0, 0.1) is 0 Å². The van der Waals surface area contributed by atoms with Gasteiger partial charge in [-0.25, -0.2) is 9.59 Å². The van der Waals surface area contributed by atoms with Crippen LogP contribution in [0.4, 0.5) is 10.5 Å². The minimum absolute atomic E-state index is 0.202. The molecule has 0 aliphatic rings. The van der Waals surface area contributed by atoms with Gasteiger partial charge < -0.3 is 14.2 Å². The van der Waals surface area contributed by atoms with Crippen LogP contribution in [0.25, 0.3) is 0 Å². The van der Waals surface area contributed by atoms with E-state index in [-0.39, 0.29) is 11.3 Å². The van der Waals surface area contributed by atoms with Crippen molar-refractivity contribution >= 4 is 23.5 Å². The smallest absolute Gasteiger partial charge is 0.412 e. The monoisotopic (exact) mass is 399 g/mol. The molecule has 2 rings (SSSR count). The van der Waals surface area contributed by atoms with Crippen LogP contribution >= 0.6 is 0 Å². The first-order valence-corrected chi connectivity index (χ1v) is 9.08. The number of carbonyl (C=O) groups is 3. The number of Topliss-reactive ketones (excluding diaryl/α,β-unsaturated/α-hetero) is 1. The molecule has 0 aliphatic carbocycles. The number of methoxy groups -OCH3 is 1. The second-order valence-corrected chi connectivity index (χ2v) is 7.35. The van der Waals surface area contributed by atoms with Crippen LogP contribution in [-0.4, -0.2) is 36.7 Å². The number of esters is 1. The molecule has 1 N–H and O–H groups in total. The van der Waals surface area contributed by atoms with Gasteiger partial charge in [0.25, 0.3) is 0 Å². The zero-order chi connectivity index (χ0) is 21.6. The third-order valence-corrected chi connectivity index (χ3v) is 3.77. The summed E-state index contributed by atoms with van der Waals surface area (Å²) in [5.74, 6) is -0.378. The van der Waals surface area contributed by atoms with E-state index in [1.165, 1.54) is 26.2 Å². The van der Waals surface area contributed by atoms with Crippen LogP contribution in [0.5, 0.6) is 5.75 Å². The predicted molar refractivity (Wildman–Crippen MR) is 109 cm³/mol. The molecule has 0 heterocycles. The molecule has 0 radical (unpaired) electrons. The third kappa shape index (κ3) is 6.64. The Morgan fingerprint density at radius 3 is 2.21 bits per heavy atom. The molecule has 154 valence electrons. The second-order valence-electron chi connectivity index (χ2n) is 7.35. The van der Waals surface area contributed by atoms with Gasteiger partial charge in [-0.05, 0) is 70.2 Å². The molecule has 0 saturated carbocycles. The SMILES string of the molecule is COc1ccc(C(=O)[C@H](C)OC(=O)c2cccc(NC(=O)OC(C)(C)C)c2)cc1. The molecule has 0 saturated heterocycles. The van der Waals surface area contributed by atoms with E-state index < -0.39 is 23.8 Å². The molecule has 2 aromatic rings. The average molecular weight is 399 g/mol. The topological polar surface area (TPSA) is 90.9 Å². The summed E-state index contributed by atoms with van der Waals surface area (Å²) in [4.78, 5) is 36.8. The zero-order valence-corrected chi connectivity index (χ0v) is 17.1. The molecular formula is C22H25NO6. The van der Waals surface area contributed by atoms with E-state index >= 15 is 0 Å². The summed E-state index contributed by atoms with van der Waals surface area (Å²) in [6.45, 7) is 6.76. The maximum absolute atomic E-state index is 12.5. The van der Waals surface area contributed by atoms with E-state index in [2.05, 4.69) is 5.32 Å². The number of nitrogens with one attached hydrogen (secondary N) is 1. The lowest BCUT2D eigenvalue weighted by atomic mass is 10.1. The van der Waals surface area contributed by atoms with Crippen LogP contribution in [0.3, 0.4) is 0 Å². The number of carbonyl (C=O) groups excluding carboxylic acids is 3. The Hall–Kier alpha value is -3.35. The number of rotatable bonds is 6. The van der Waals surface area contributed by atoms with E-state index in [9.17, 15) is 14.4 Å². The highest BCUT2D eigenvalue weighted by Gasteiger charge is 2.21. The van der Waals surface area contributed by atoms with E-state index in [1.54, 1.807) is 57.2 Å². The van der Waals surface area contributed by atoms with Crippen molar-refractivity contribution in [3.8, 4) is 5.75 Å². The number of amides is 1. The first-order chi connectivity index (χ1) is 13.6. The molecule has 0 aromatic heterocycles. The van der Waals surface area contributed by atoms with Gasteiger partial charge in [-0.1, -0.05) is 6.07 Å². The maximum Gasteiger partial charge on any atom is 0.412 e. The van der Waals surface area contributed by atoms with Crippen LogP contribution in [0.15, 0.2) is 48.5 Å². The molecule has 1 atom stereocenters. The molecule has 1 amide bonds. The van der Waals surface area contributed by atoms with Gasteiger partial charge in [0.2, 0.25) is 5.78 Å². The number of anilines is 1. The average Bonchev–Trinajstić information content (AvgIpc) is 2.66. The molecule has 0 fully saturated rings. The van der Waals surface area contributed by atoms with Gasteiger partial charge in [-0.15, -0.1) is 0 Å². The lowest BCUT2D eigenvalue weighted by Gasteiger charge is -2.19. The quantitative estimate of drug-likeness (QED) is 0.569. The molecule has 0 aliphatic heterocycles. The summed E-state index contributed by atoms with van der Waals surface area (Å²) in [5.41, 5.74) is 0.347. The molecule has 0 unspecified atom stereocenters. The summed E-state index contributed by atoms with van der Waals surface area (Å²) >= 11 is 0. The molecule has 7 nitrogen and oxygen atoms in total. The molecule has 0 spiro atoms. The number of ketones is 1. The Kier molecular flexibility index (Phi) is 6.98. The highest BCUT2D eigenvalue weighted by molar-refractivity contribution is 6.01. The Morgan fingerprint density at radius 2 is 1.62 bits per heavy atom. The van der Waals surface area contributed by atoms with Crippen molar-refractivity contribution in [1.82, 2.24) is 0 Å². The molecule has 2 aromatic carbocycles. The summed E-state index contributed by atoms with van der Waals surface area (Å²) in [6.07, 6.45) is -1.61. The highest BCUT2D eigenvalue weighted by atomic mass is 16.6. The maximum atomic E-state index is 12.5. The Morgan fingerprint density at radius 1 is 0.966 bits per heavy atom. The fraction of sp³-hybridized carbons (Fsp3) is 0.318. The van der Waals surface area contributed by atoms with Crippen LogP contribution in [0.1, 0.15) is 48.4 Å². The Bertz CT molecular complexity index is 883. The number of benzene rings is 2. The fourth-order valence-electron chi connectivity index (χ4n) is 2.42. The lowest BCUT2D eigenvalue weighted by molar-refractivity contribution is 0.0318. The van der Waals surface area contributed by atoms with Gasteiger partial charge in [0, 0.05) is 11.3 Å². The van der Waals surface area contributed by atoms with Gasteiger partial charge >= 0.3 is 12.1 Å². The van der Waals surface area contributed by atoms with E-state index in [0.717, 1.165) is 0 Å². The predicted octanol–water partition coefficient (Wildman–Crippen LogP) is 4.47. The minimum atomic E-state index is -0.974. The number of ether oxygens (including phenoxy) is 3. The molecule has 0 bridgehead atoms. The Balaban J connectivity index is 2.02. The lowest BCUT2D eigenvalue weighted by Crippen LogP contribution is -2.27. The number of hydrogen-bond acceptors (Lipinski definition) is 6. The van der Waals surface area contributed by atoms with E-state index in [0.29, 0.717) is 17.0 Å². The normalized spacial score (nSPS) is 11.9. The summed E-state index contributed by atoms with van der Waals surface area (Å²) in [7, 11) is 1.53. The van der Waals surface area contributed by atoms with Crippen LogP contribution < -0.4 is 10.1 Å². The van der Waals surface area contributed by atoms with Crippen molar-refractivity contribution in [1.29, 1.82) is 0 Å². The first-order valence-electron chi connectivity index (χ1n) is 9.08. The van der Waals surface area contributed by atoms with Crippen molar-refractivity contribution in [3.05, 3.63) is 59.7 Å². The van der Waals surface area contributed by atoms with E-state index in [4.69, 9.17) is 14.2 Å². The van der Waals surface area contributed by atoms with Gasteiger partial charge in [0.15, 0.2) is 6.10 Å². The van der Waals surface area contributed by atoms with Crippen molar-refractivity contribution in [2.75, 3.05) is 12.4 Å². The second kappa shape index (κ2) is 9.23. The van der Waals surface area contributed by atoms with Crippen molar-refractivity contribution < 1.29 is 28.6 Å². The minimum Gasteiger partial charge on any atom is -0.497 e. The largest absolute Gasteiger partial charge is 0.497 e. The number of hydrogen-bond donors (Lipinski definition) is 1. The fourth-order valence-corrected chi connectivity index (χ4v) is 2.42. The van der Waals surface area contributed by atoms with Gasteiger partial charge in [0.05, 0.1) is 12.7 Å². The molecule has 7 heteroatoms. The summed E-state index contributed by atoms with van der Waals surface area (Å²) in [6, 6.07) is 12.7. The van der Waals surface area contributed by atoms with Crippen molar-refractivity contribution in [2.24, 2.45) is 0 Å². The first kappa shape index (κ1) is 21.9. The van der Waals surface area contributed by atoms with Gasteiger partial charge in [-0.3, -0.25) is 10.1 Å². The van der Waals surface area contributed by atoms with Crippen LogP contribution in [0.2, 0.25) is 0 Å². The van der Waals surface area contributed by atoms with Gasteiger partial charge in [0.1, 0.15) is 11.4 Å². The molecule has 29 heavy (non-hydrogen) atoms. The van der Waals surface area contributed by atoms with E-state index in [1.807, 2.05) is 0 Å². The summed E-state index contributed by atoms with van der Waals surface area (Å²) < 4.78 is 15.5. The zero-order valence-electron chi connectivity index (χ0n) is 17.1. The van der Waals surface area contributed by atoms with Crippen molar-refractivity contribution in [3.63, 3.8) is 0 Å². The van der Waals surface area contributed by atoms with Crippen LogP contribution in [-0.2, 0) is 9.47 Å². The third-order valence-electron chi connectivity index (χ3n) is 3.77. The Labute approximate surface area is 170 Å². The summed E-state index contributed by atoms with van der Waals surface area (Å²) in [5, 5.41) is 2.56. The van der Waals surface area contributed by atoms with Crippen molar-refractivity contribution in [2.45, 2.75) is 39.4 Å². The van der Waals surface area contributed by atoms with Gasteiger partial charge in [-0.2, -0.15) is 0 Å². The highest BCUT2D eigenvalue weighted by Crippen LogP contribution is 2.17. The standard InChI is InChI=1S/C22H25NO6/c1-14(19(24)15-9-11-18(27-5)12-10-15)28-20(25)16-7-6-8-17(13-16)23-21(26)29-22(2,3)4/h6-14H,1-5H3,(H,23,26)/t14-/m0/s1.